The predicted molar refractivity (Wildman–Crippen MR) is 163 cm³/mol. The lowest BCUT2D eigenvalue weighted by molar-refractivity contribution is -0.149. The third kappa shape index (κ3) is 5.63. The number of para-hydroxylation sites is 1. The van der Waals surface area contributed by atoms with E-state index in [9.17, 15) is 19.5 Å². The molecule has 226 valence electrons. The molecular weight excluding hydrogens is 560 g/mol. The Kier molecular flexibility index (Phi) is 9.01. The summed E-state index contributed by atoms with van der Waals surface area (Å²) >= 11 is 0. The van der Waals surface area contributed by atoms with E-state index in [4.69, 9.17) is 9.47 Å². The van der Waals surface area contributed by atoms with Crippen LogP contribution in [0.2, 0.25) is 0 Å². The quantitative estimate of drug-likeness (QED) is 0.259. The smallest absolute Gasteiger partial charge is 0.347 e. The summed E-state index contributed by atoms with van der Waals surface area (Å²) in [6, 6.07) is 25.4. The summed E-state index contributed by atoms with van der Waals surface area (Å²) in [4.78, 5) is 51.1. The van der Waals surface area contributed by atoms with E-state index in [2.05, 4.69) is 15.3 Å². The molecule has 0 radical (unpaired) electrons. The molecule has 2 heterocycles. The zero-order chi connectivity index (χ0) is 31.3. The molecule has 4 aromatic rings. The fourth-order valence-corrected chi connectivity index (χ4v) is 5.68. The second-order valence-corrected chi connectivity index (χ2v) is 10.3. The highest BCUT2D eigenvalue weighted by Gasteiger charge is 2.53. The number of fused-ring (bicyclic) bond motifs is 1. The number of carbonyl (C=O) groups is 3. The number of aliphatic carboxylic acids is 1. The topological polar surface area (TPSA) is 131 Å². The highest BCUT2D eigenvalue weighted by molar-refractivity contribution is 6.03. The molecule has 10 nitrogen and oxygen atoms in total. The first-order valence-corrected chi connectivity index (χ1v) is 14.4. The number of esters is 1. The average Bonchev–Trinajstić information content (AvgIpc) is 3.19. The van der Waals surface area contributed by atoms with Crippen LogP contribution in [0.1, 0.15) is 48.0 Å². The molecule has 0 saturated heterocycles. The van der Waals surface area contributed by atoms with Crippen LogP contribution in [0.5, 0.6) is 6.01 Å². The lowest BCUT2D eigenvalue weighted by Crippen LogP contribution is -2.58. The van der Waals surface area contributed by atoms with Crippen molar-refractivity contribution in [1.82, 2.24) is 15.3 Å². The minimum Gasteiger partial charge on any atom is -0.478 e. The Bertz CT molecular complexity index is 1630. The van der Waals surface area contributed by atoms with Crippen LogP contribution in [0.25, 0.3) is 0 Å². The lowest BCUT2D eigenvalue weighted by Gasteiger charge is -2.40. The van der Waals surface area contributed by atoms with Crippen molar-refractivity contribution in [3.8, 4) is 6.01 Å². The van der Waals surface area contributed by atoms with E-state index in [0.29, 0.717) is 46.6 Å². The van der Waals surface area contributed by atoms with Crippen LogP contribution in [0.3, 0.4) is 0 Å². The standard InChI is InChI=1S/C34H34N4O6/c1-4-24-20-25(5-2)37-33(36-24)44-30(31(40)41)34(23-16-10-7-11-17-23)26-18-12-13-19-27(26)38(28(39)21-35-34)29(32(42)43-3)22-14-8-6-9-15-22/h6-20,29-30,35H,4-5,21H2,1-3H3,(H,40,41)/t29-,30+,34-/m0/s1. The van der Waals surface area contributed by atoms with Gasteiger partial charge in [0.25, 0.3) is 0 Å². The van der Waals surface area contributed by atoms with Crippen LogP contribution >= 0.6 is 0 Å². The van der Waals surface area contributed by atoms with Crippen molar-refractivity contribution >= 4 is 23.5 Å². The van der Waals surface area contributed by atoms with Gasteiger partial charge in [-0.3, -0.25) is 15.0 Å². The highest BCUT2D eigenvalue weighted by atomic mass is 16.5. The molecule has 0 aliphatic carbocycles. The zero-order valence-corrected chi connectivity index (χ0v) is 24.8. The number of carboxylic acids is 1. The fourth-order valence-electron chi connectivity index (χ4n) is 5.68. The van der Waals surface area contributed by atoms with Gasteiger partial charge in [-0.1, -0.05) is 92.7 Å². The van der Waals surface area contributed by atoms with Gasteiger partial charge in [0.05, 0.1) is 19.3 Å². The predicted octanol–water partition coefficient (Wildman–Crippen LogP) is 4.23. The molecule has 10 heteroatoms. The molecule has 0 saturated carbocycles. The molecule has 44 heavy (non-hydrogen) atoms. The van der Waals surface area contributed by atoms with Crippen LogP contribution in [0.15, 0.2) is 91.0 Å². The van der Waals surface area contributed by atoms with E-state index in [1.807, 2.05) is 32.0 Å². The fraction of sp³-hybridized carbons (Fsp3) is 0.265. The van der Waals surface area contributed by atoms with Crippen LogP contribution in [-0.2, 0) is 37.5 Å². The van der Waals surface area contributed by atoms with Gasteiger partial charge in [-0.15, -0.1) is 0 Å². The molecule has 0 bridgehead atoms. The Morgan fingerprint density at radius 1 is 0.932 bits per heavy atom. The molecule has 0 spiro atoms. The number of nitrogens with zero attached hydrogens (tertiary/aromatic N) is 3. The normalized spacial score (nSPS) is 17.6. The first-order chi connectivity index (χ1) is 21.3. The molecule has 5 rings (SSSR count). The van der Waals surface area contributed by atoms with Gasteiger partial charge in [-0.05, 0) is 36.1 Å². The van der Waals surface area contributed by atoms with Gasteiger partial charge in [0.2, 0.25) is 12.0 Å². The molecule has 2 N–H and O–H groups in total. The molecule has 0 fully saturated rings. The van der Waals surface area contributed by atoms with Crippen LogP contribution in [-0.4, -0.2) is 52.7 Å². The Morgan fingerprint density at radius 2 is 1.52 bits per heavy atom. The van der Waals surface area contributed by atoms with Gasteiger partial charge < -0.3 is 14.6 Å². The summed E-state index contributed by atoms with van der Waals surface area (Å²) in [7, 11) is 1.27. The largest absolute Gasteiger partial charge is 0.478 e. The third-order valence-corrected chi connectivity index (χ3v) is 7.78. The van der Waals surface area contributed by atoms with E-state index in [1.165, 1.54) is 12.0 Å². The van der Waals surface area contributed by atoms with E-state index < -0.39 is 35.5 Å². The number of nitrogens with one attached hydrogen (secondary N) is 1. The van der Waals surface area contributed by atoms with Crippen molar-refractivity contribution in [2.45, 2.75) is 44.4 Å². The summed E-state index contributed by atoms with van der Waals surface area (Å²) in [5, 5.41) is 14.1. The van der Waals surface area contributed by atoms with Crippen molar-refractivity contribution in [3.05, 3.63) is 119 Å². The van der Waals surface area contributed by atoms with Crippen molar-refractivity contribution in [3.63, 3.8) is 0 Å². The van der Waals surface area contributed by atoms with Crippen molar-refractivity contribution in [2.24, 2.45) is 0 Å². The van der Waals surface area contributed by atoms with Gasteiger partial charge in [0.1, 0.15) is 5.54 Å². The number of rotatable bonds is 10. The van der Waals surface area contributed by atoms with E-state index in [1.54, 1.807) is 72.8 Å². The van der Waals surface area contributed by atoms with Gasteiger partial charge in [-0.25, -0.2) is 19.6 Å². The molecule has 0 unspecified atom stereocenters. The summed E-state index contributed by atoms with van der Waals surface area (Å²) in [6.45, 7) is 3.56. The van der Waals surface area contributed by atoms with E-state index in [-0.39, 0.29) is 12.6 Å². The van der Waals surface area contributed by atoms with Crippen LogP contribution in [0, 0.1) is 0 Å². The SMILES string of the molecule is CCc1cc(CC)nc(O[C@H](C(=O)O)[C@@]2(c3ccccc3)NCC(=O)N([C@H](C(=O)OC)c3ccccc3)c3ccccc32)n1. The Labute approximate surface area is 255 Å². The minimum atomic E-state index is -1.64. The molecule has 1 aliphatic rings. The molecule has 3 atom stereocenters. The summed E-state index contributed by atoms with van der Waals surface area (Å²) < 4.78 is 11.4. The molecule has 1 aromatic heterocycles. The van der Waals surface area contributed by atoms with Gasteiger partial charge in [0.15, 0.2) is 6.04 Å². The average molecular weight is 595 g/mol. The number of hydrogen-bond acceptors (Lipinski definition) is 8. The number of hydrogen-bond donors (Lipinski definition) is 2. The Balaban J connectivity index is 1.77. The number of benzene rings is 3. The summed E-state index contributed by atoms with van der Waals surface area (Å²) in [6.07, 6.45) is -0.428. The van der Waals surface area contributed by atoms with Gasteiger partial charge in [-0.2, -0.15) is 0 Å². The molecular formula is C34H34N4O6. The first kappa shape index (κ1) is 30.4. The molecule has 1 aliphatic heterocycles. The number of aromatic nitrogens is 2. The number of carboxylic acid groups (broad SMARTS) is 1. The number of aryl methyl sites for hydroxylation is 2. The number of methoxy groups -OCH3 is 1. The molecule has 3 aromatic carbocycles. The molecule has 1 amide bonds. The van der Waals surface area contributed by atoms with Crippen molar-refractivity contribution in [1.29, 1.82) is 0 Å². The van der Waals surface area contributed by atoms with Crippen LogP contribution in [0.4, 0.5) is 5.69 Å². The number of anilines is 1. The number of carbonyl (C=O) groups excluding carboxylic acids is 2. The Morgan fingerprint density at radius 3 is 2.11 bits per heavy atom. The van der Waals surface area contributed by atoms with Gasteiger partial charge in [0, 0.05) is 17.0 Å². The maximum Gasteiger partial charge on any atom is 0.347 e. The van der Waals surface area contributed by atoms with Gasteiger partial charge >= 0.3 is 17.9 Å². The summed E-state index contributed by atoms with van der Waals surface area (Å²) in [5.74, 6) is -2.40. The number of ether oxygens (including phenoxy) is 2. The number of amides is 1. The van der Waals surface area contributed by atoms with Crippen molar-refractivity contribution in [2.75, 3.05) is 18.6 Å². The van der Waals surface area contributed by atoms with E-state index >= 15 is 0 Å². The van der Waals surface area contributed by atoms with E-state index in [0.717, 1.165) is 0 Å². The lowest BCUT2D eigenvalue weighted by atomic mass is 9.77. The Hall–Kier alpha value is -5.09. The summed E-state index contributed by atoms with van der Waals surface area (Å²) in [5.41, 5.74) is 1.62. The third-order valence-electron chi connectivity index (χ3n) is 7.78. The van der Waals surface area contributed by atoms with Crippen molar-refractivity contribution < 1.29 is 29.0 Å². The minimum absolute atomic E-state index is 0.0765. The maximum atomic E-state index is 14.1. The maximum absolute atomic E-state index is 14.1. The monoisotopic (exact) mass is 594 g/mol. The zero-order valence-electron chi connectivity index (χ0n) is 24.8. The second-order valence-electron chi connectivity index (χ2n) is 10.3. The first-order valence-electron chi connectivity index (χ1n) is 14.4. The second kappa shape index (κ2) is 13.0. The highest BCUT2D eigenvalue weighted by Crippen LogP contribution is 2.44. The van der Waals surface area contributed by atoms with Crippen LogP contribution < -0.4 is 15.0 Å².